The summed E-state index contributed by atoms with van der Waals surface area (Å²) >= 11 is 6.11. The van der Waals surface area contributed by atoms with E-state index in [0.717, 1.165) is 22.0 Å². The number of amides is 1. The zero-order valence-electron chi connectivity index (χ0n) is 23.3. The van der Waals surface area contributed by atoms with Crippen molar-refractivity contribution in [2.24, 2.45) is 5.92 Å². The highest BCUT2D eigenvalue weighted by Crippen LogP contribution is 2.45. The highest BCUT2D eigenvalue weighted by Gasteiger charge is 2.46. The number of carbonyl (C=O) groups excluding carboxylic acids is 2. The Morgan fingerprint density at radius 3 is 2.34 bits per heavy atom. The number of ether oxygens (including phenoxy) is 2. The molecule has 0 saturated carbocycles. The molecule has 1 aliphatic heterocycles. The fourth-order valence-corrected chi connectivity index (χ4v) is 5.59. The second-order valence-electron chi connectivity index (χ2n) is 10.2. The Balaban J connectivity index is 1.55. The second kappa shape index (κ2) is 12.2. The molecule has 0 aromatic heterocycles. The van der Waals surface area contributed by atoms with E-state index in [1.54, 1.807) is 29.2 Å². The van der Waals surface area contributed by atoms with Crippen LogP contribution < -0.4 is 19.7 Å². The number of aliphatic hydroxyl groups excluding tert-OH is 1. The highest BCUT2D eigenvalue weighted by atomic mass is 35.5. The molecule has 4 aromatic carbocycles. The third-order valence-electron chi connectivity index (χ3n) is 7.53. The van der Waals surface area contributed by atoms with Gasteiger partial charge in [-0.2, -0.15) is 0 Å². The van der Waals surface area contributed by atoms with E-state index in [2.05, 4.69) is 5.32 Å². The van der Waals surface area contributed by atoms with Gasteiger partial charge in [0.2, 0.25) is 5.91 Å². The van der Waals surface area contributed by atoms with Crippen LogP contribution in [0.2, 0.25) is 5.02 Å². The van der Waals surface area contributed by atoms with Gasteiger partial charge in [0.1, 0.15) is 5.92 Å². The molecule has 41 heavy (non-hydrogen) atoms. The van der Waals surface area contributed by atoms with Gasteiger partial charge in [0.05, 0.1) is 32.1 Å². The SMILES string of the molecule is CCCN1C(=O)C(C(=O)C(Cc2ccc(Cl)cc2)Nc2ccc3ccccc3c2)C(O)c2cc(OC)c(OC)cc21. The first-order valence-corrected chi connectivity index (χ1v) is 14.0. The number of nitrogens with one attached hydrogen (secondary N) is 1. The zero-order valence-corrected chi connectivity index (χ0v) is 24.0. The molecule has 1 heterocycles. The molecule has 1 aliphatic rings. The largest absolute Gasteiger partial charge is 0.493 e. The molecule has 3 atom stereocenters. The number of carbonyl (C=O) groups is 2. The van der Waals surface area contributed by atoms with E-state index in [4.69, 9.17) is 21.1 Å². The number of hydrogen-bond donors (Lipinski definition) is 2. The lowest BCUT2D eigenvalue weighted by atomic mass is 9.81. The average Bonchev–Trinajstić information content (AvgIpc) is 2.99. The molecule has 8 heteroatoms. The van der Waals surface area contributed by atoms with Gasteiger partial charge in [0.15, 0.2) is 17.3 Å². The van der Waals surface area contributed by atoms with Gasteiger partial charge in [0, 0.05) is 28.9 Å². The molecule has 0 radical (unpaired) electrons. The minimum atomic E-state index is -1.36. The highest BCUT2D eigenvalue weighted by molar-refractivity contribution is 6.30. The van der Waals surface area contributed by atoms with Gasteiger partial charge in [0.25, 0.3) is 0 Å². The predicted molar refractivity (Wildman–Crippen MR) is 162 cm³/mol. The third-order valence-corrected chi connectivity index (χ3v) is 7.78. The van der Waals surface area contributed by atoms with Crippen LogP contribution in [0.1, 0.15) is 30.6 Å². The maximum atomic E-state index is 14.3. The molecule has 212 valence electrons. The average molecular weight is 573 g/mol. The Kier molecular flexibility index (Phi) is 8.47. The van der Waals surface area contributed by atoms with Crippen molar-refractivity contribution >= 4 is 45.4 Å². The molecule has 1 amide bonds. The van der Waals surface area contributed by atoms with Crippen LogP contribution in [0, 0.1) is 5.92 Å². The summed E-state index contributed by atoms with van der Waals surface area (Å²) < 4.78 is 10.9. The van der Waals surface area contributed by atoms with Crippen LogP contribution in [0.5, 0.6) is 11.5 Å². The van der Waals surface area contributed by atoms with E-state index >= 15 is 0 Å². The smallest absolute Gasteiger partial charge is 0.240 e. The van der Waals surface area contributed by atoms with Gasteiger partial charge in [-0.05, 0) is 59.5 Å². The number of benzene rings is 4. The minimum absolute atomic E-state index is 0.298. The summed E-state index contributed by atoms with van der Waals surface area (Å²) in [6, 6.07) is 23.6. The summed E-state index contributed by atoms with van der Waals surface area (Å²) in [6.07, 6.45) is -0.393. The molecular formula is C33H33ClN2O5. The van der Waals surface area contributed by atoms with Crippen LogP contribution in [0.15, 0.2) is 78.9 Å². The molecule has 4 aromatic rings. The number of nitrogens with zero attached hydrogens (tertiary/aromatic N) is 1. The quantitative estimate of drug-likeness (QED) is 0.220. The normalized spacial score (nSPS) is 17.2. The van der Waals surface area contributed by atoms with E-state index in [9.17, 15) is 14.7 Å². The maximum Gasteiger partial charge on any atom is 0.240 e. The van der Waals surface area contributed by atoms with Gasteiger partial charge >= 0.3 is 0 Å². The van der Waals surface area contributed by atoms with Crippen molar-refractivity contribution in [2.75, 3.05) is 31.0 Å². The van der Waals surface area contributed by atoms with Gasteiger partial charge in [-0.3, -0.25) is 9.59 Å². The van der Waals surface area contributed by atoms with E-state index < -0.39 is 29.8 Å². The molecule has 0 aliphatic carbocycles. The summed E-state index contributed by atoms with van der Waals surface area (Å²) in [5.74, 6) is -1.29. The van der Waals surface area contributed by atoms with Crippen molar-refractivity contribution in [1.82, 2.24) is 0 Å². The molecule has 2 N–H and O–H groups in total. The Labute approximate surface area is 244 Å². The van der Waals surface area contributed by atoms with Gasteiger partial charge in [-0.15, -0.1) is 0 Å². The first-order chi connectivity index (χ1) is 19.8. The third kappa shape index (κ3) is 5.73. The van der Waals surface area contributed by atoms with Gasteiger partial charge < -0.3 is 24.8 Å². The summed E-state index contributed by atoms with van der Waals surface area (Å²) in [4.78, 5) is 29.9. The van der Waals surface area contributed by atoms with Gasteiger partial charge in [-0.1, -0.05) is 61.0 Å². The Bertz CT molecular complexity index is 1570. The van der Waals surface area contributed by atoms with Crippen LogP contribution in [0.4, 0.5) is 11.4 Å². The number of Topliss-reactive ketones (excluding diaryl/α,β-unsaturated/α-hetero) is 1. The van der Waals surface area contributed by atoms with Crippen LogP contribution in [0.25, 0.3) is 10.8 Å². The van der Waals surface area contributed by atoms with Crippen molar-refractivity contribution in [2.45, 2.75) is 31.9 Å². The van der Waals surface area contributed by atoms with E-state index in [-0.39, 0.29) is 0 Å². The topological polar surface area (TPSA) is 88.1 Å². The van der Waals surface area contributed by atoms with Crippen LogP contribution in [-0.2, 0) is 16.0 Å². The molecule has 0 fully saturated rings. The van der Waals surface area contributed by atoms with Crippen molar-refractivity contribution in [3.05, 3.63) is 95.0 Å². The molecule has 7 nitrogen and oxygen atoms in total. The second-order valence-corrected chi connectivity index (χ2v) is 10.6. The molecule has 0 saturated heterocycles. The standard InChI is InChI=1S/C33H33ClN2O5/c1-4-15-36-27-19-29(41-3)28(40-2)18-25(27)31(37)30(33(36)39)32(38)26(16-20-9-12-23(34)13-10-20)35-24-14-11-21-7-5-6-8-22(21)17-24/h5-14,17-19,26,30-31,35,37H,4,15-16H2,1-3H3. The number of rotatable bonds is 10. The molecular weight excluding hydrogens is 540 g/mol. The summed E-state index contributed by atoms with van der Waals surface area (Å²) in [5, 5.41) is 17.6. The minimum Gasteiger partial charge on any atom is -0.493 e. The first kappa shape index (κ1) is 28.5. The fourth-order valence-electron chi connectivity index (χ4n) is 5.46. The summed E-state index contributed by atoms with van der Waals surface area (Å²) in [6.45, 7) is 2.35. The number of hydrogen-bond acceptors (Lipinski definition) is 6. The summed E-state index contributed by atoms with van der Waals surface area (Å²) in [5.41, 5.74) is 2.58. The van der Waals surface area contributed by atoms with Crippen molar-refractivity contribution in [3.8, 4) is 11.5 Å². The Morgan fingerprint density at radius 2 is 1.66 bits per heavy atom. The number of anilines is 2. The molecule has 3 unspecified atom stereocenters. The Morgan fingerprint density at radius 1 is 0.976 bits per heavy atom. The van der Waals surface area contributed by atoms with Crippen molar-refractivity contribution in [1.29, 1.82) is 0 Å². The van der Waals surface area contributed by atoms with Crippen molar-refractivity contribution < 1.29 is 24.2 Å². The number of halogens is 1. The lowest BCUT2D eigenvalue weighted by molar-refractivity contribution is -0.138. The molecule has 0 bridgehead atoms. The first-order valence-electron chi connectivity index (χ1n) is 13.6. The van der Waals surface area contributed by atoms with E-state index in [1.807, 2.05) is 61.5 Å². The number of ketones is 1. The fraction of sp³-hybridized carbons (Fsp3) is 0.273. The van der Waals surface area contributed by atoms with Crippen LogP contribution in [-0.4, -0.2) is 43.6 Å². The zero-order chi connectivity index (χ0) is 29.1. The monoisotopic (exact) mass is 572 g/mol. The Hall–Kier alpha value is -4.07. The molecule has 0 spiro atoms. The number of methoxy groups -OCH3 is 2. The lowest BCUT2D eigenvalue weighted by Crippen LogP contribution is -2.51. The predicted octanol–water partition coefficient (Wildman–Crippen LogP) is 6.21. The van der Waals surface area contributed by atoms with Crippen LogP contribution >= 0.6 is 11.6 Å². The maximum absolute atomic E-state index is 14.3. The van der Waals surface area contributed by atoms with E-state index in [1.165, 1.54) is 14.2 Å². The van der Waals surface area contributed by atoms with Crippen molar-refractivity contribution in [3.63, 3.8) is 0 Å². The van der Waals surface area contributed by atoms with Gasteiger partial charge in [-0.25, -0.2) is 0 Å². The van der Waals surface area contributed by atoms with Crippen LogP contribution in [0.3, 0.4) is 0 Å². The number of aliphatic hydroxyl groups is 1. The number of fused-ring (bicyclic) bond motifs is 2. The van der Waals surface area contributed by atoms with E-state index in [0.29, 0.717) is 47.2 Å². The molecule has 5 rings (SSSR count). The lowest BCUT2D eigenvalue weighted by Gasteiger charge is -2.38. The summed E-state index contributed by atoms with van der Waals surface area (Å²) in [7, 11) is 3.02.